The molecule has 2 heterocycles. The van der Waals surface area contributed by atoms with Crippen LogP contribution in [0.1, 0.15) is 4.11 Å². The van der Waals surface area contributed by atoms with Gasteiger partial charge in [-0.05, 0) is 100 Å². The highest BCUT2D eigenvalue weighted by Crippen LogP contribution is 2.39. The molecule has 2 nitrogen and oxygen atoms in total. The molecule has 0 spiro atoms. The average molecular weight is 640 g/mol. The van der Waals surface area contributed by atoms with E-state index >= 15 is 0 Å². The van der Waals surface area contributed by atoms with Gasteiger partial charge in [0.1, 0.15) is 0 Å². The molecule has 0 atom stereocenters. The van der Waals surface area contributed by atoms with Gasteiger partial charge in [0.05, 0.1) is 26.2 Å². The molecule has 234 valence electrons. The van der Waals surface area contributed by atoms with Crippen molar-refractivity contribution in [1.29, 1.82) is 0 Å². The van der Waals surface area contributed by atoms with E-state index in [1.165, 1.54) is 0 Å². The second-order valence-electron chi connectivity index (χ2n) is 12.7. The summed E-state index contributed by atoms with van der Waals surface area (Å²) in [5.41, 5.74) is 11.2. The first-order valence-corrected chi connectivity index (χ1v) is 16.9. The van der Waals surface area contributed by atoms with Gasteiger partial charge in [-0.2, -0.15) is 0 Å². The Balaban J connectivity index is 1.23. The summed E-state index contributed by atoms with van der Waals surface area (Å²) in [7, 11) is 0. The van der Waals surface area contributed by atoms with E-state index in [0.717, 1.165) is 71.9 Å². The summed E-state index contributed by atoms with van der Waals surface area (Å²) in [6.07, 6.45) is 0. The predicted octanol–water partition coefficient (Wildman–Crippen LogP) is 12.9. The van der Waals surface area contributed by atoms with Gasteiger partial charge < -0.3 is 9.13 Å². The van der Waals surface area contributed by atoms with Crippen molar-refractivity contribution in [2.45, 2.75) is 0 Å². The molecule has 0 fully saturated rings. The minimum atomic E-state index is 0.0434. The first-order chi connectivity index (χ1) is 26.1. The Kier molecular flexibility index (Phi) is 5.84. The third kappa shape index (κ3) is 4.57. The maximum absolute atomic E-state index is 9.78. The fourth-order valence-corrected chi connectivity index (χ4v) is 7.47. The van der Waals surface area contributed by atoms with Gasteiger partial charge in [0, 0.05) is 32.9 Å². The lowest BCUT2D eigenvalue weighted by Gasteiger charge is -2.11. The summed E-state index contributed by atoms with van der Waals surface area (Å²) < 4.78 is 33.2. The monoisotopic (exact) mass is 639 g/mol. The van der Waals surface area contributed by atoms with Gasteiger partial charge in [0.2, 0.25) is 0 Å². The molecule has 0 amide bonds. The van der Waals surface area contributed by atoms with E-state index in [9.17, 15) is 4.11 Å². The van der Waals surface area contributed by atoms with Crippen molar-refractivity contribution in [2.24, 2.45) is 0 Å². The Morgan fingerprint density at radius 1 is 0.300 bits per heavy atom. The first kappa shape index (κ1) is 25.4. The molecule has 10 rings (SSSR count). The fraction of sp³-hybridized carbons (Fsp3) is 0. The van der Waals surface area contributed by atoms with Crippen LogP contribution in [0.3, 0.4) is 0 Å². The van der Waals surface area contributed by atoms with E-state index in [2.05, 4.69) is 112 Å². The normalized spacial score (nSPS) is 12.4. The number of rotatable bonds is 5. The highest BCUT2D eigenvalue weighted by molar-refractivity contribution is 6.13. The molecule has 0 N–H and O–H groups in total. The summed E-state index contributed by atoms with van der Waals surface area (Å²) in [4.78, 5) is 0. The summed E-state index contributed by atoms with van der Waals surface area (Å²) in [5.74, 6) is 0. The molecule has 2 heteroatoms. The first-order valence-electron chi connectivity index (χ1n) is 18.4. The molecule has 0 aliphatic heterocycles. The van der Waals surface area contributed by atoms with Gasteiger partial charge >= 0.3 is 0 Å². The quantitative estimate of drug-likeness (QED) is 0.177. The van der Waals surface area contributed by atoms with Crippen LogP contribution in [0.4, 0.5) is 0 Å². The number of benzene rings is 8. The molecule has 10 aromatic rings. The van der Waals surface area contributed by atoms with Crippen molar-refractivity contribution in [3.05, 3.63) is 194 Å². The molecule has 50 heavy (non-hydrogen) atoms. The standard InChI is InChI=1S/C48H32N2/c1-4-13-33(14-5-1)35-17-12-20-40(29-35)50-45-22-11-10-21-41(45)42-31-37(24-27-46(42)50)38-25-28-48-44(32-38)43-30-36(34-15-6-2-7-16-34)23-26-47(43)49(48)39-18-8-3-9-19-39/h1-32H/i24D,27D,31D. The molecule has 0 radical (unpaired) electrons. The van der Waals surface area contributed by atoms with Crippen molar-refractivity contribution in [1.82, 2.24) is 9.13 Å². The van der Waals surface area contributed by atoms with E-state index in [1.54, 1.807) is 0 Å². The van der Waals surface area contributed by atoms with Gasteiger partial charge in [0.25, 0.3) is 0 Å². The van der Waals surface area contributed by atoms with Crippen LogP contribution in [-0.4, -0.2) is 9.13 Å². The molecule has 0 saturated heterocycles. The zero-order chi connectivity index (χ0) is 35.6. The molecule has 0 unspecified atom stereocenters. The lowest BCUT2D eigenvalue weighted by Crippen LogP contribution is -1.94. The Morgan fingerprint density at radius 3 is 1.48 bits per heavy atom. The zero-order valence-electron chi connectivity index (χ0n) is 30.1. The Bertz CT molecular complexity index is 3020. The van der Waals surface area contributed by atoms with Crippen molar-refractivity contribution in [3.63, 3.8) is 0 Å². The van der Waals surface area contributed by atoms with Gasteiger partial charge in [0.15, 0.2) is 0 Å². The van der Waals surface area contributed by atoms with Crippen LogP contribution >= 0.6 is 0 Å². The summed E-state index contributed by atoms with van der Waals surface area (Å²) in [5, 5.41) is 3.69. The molecular formula is C48H32N2. The Labute approximate surface area is 294 Å². The van der Waals surface area contributed by atoms with Crippen LogP contribution < -0.4 is 0 Å². The highest BCUT2D eigenvalue weighted by Gasteiger charge is 2.17. The van der Waals surface area contributed by atoms with Crippen LogP contribution in [0.25, 0.3) is 88.4 Å². The number of fused-ring (bicyclic) bond motifs is 6. The summed E-state index contributed by atoms with van der Waals surface area (Å²) in [6, 6.07) is 60.6. The van der Waals surface area contributed by atoms with Crippen LogP contribution in [0.15, 0.2) is 194 Å². The second kappa shape index (κ2) is 11.5. The molecule has 0 saturated carbocycles. The minimum absolute atomic E-state index is 0.0434. The van der Waals surface area contributed by atoms with E-state index in [0.29, 0.717) is 16.5 Å². The number of para-hydroxylation sites is 2. The lowest BCUT2D eigenvalue weighted by atomic mass is 9.99. The van der Waals surface area contributed by atoms with Gasteiger partial charge in [-0.25, -0.2) is 0 Å². The van der Waals surface area contributed by atoms with Crippen molar-refractivity contribution in [2.75, 3.05) is 0 Å². The highest BCUT2D eigenvalue weighted by atomic mass is 15.0. The molecule has 2 aromatic heterocycles. The number of aromatic nitrogens is 2. The number of hydrogen-bond donors (Lipinski definition) is 0. The number of nitrogens with zero attached hydrogens (tertiary/aromatic N) is 2. The van der Waals surface area contributed by atoms with Gasteiger partial charge in [-0.3, -0.25) is 0 Å². The molecule has 8 aromatic carbocycles. The summed E-state index contributed by atoms with van der Waals surface area (Å²) in [6.45, 7) is 0. The maximum Gasteiger partial charge on any atom is 0.0645 e. The fourth-order valence-electron chi connectivity index (χ4n) is 7.47. The zero-order valence-corrected chi connectivity index (χ0v) is 27.1. The molecule has 0 bridgehead atoms. The second-order valence-corrected chi connectivity index (χ2v) is 12.7. The largest absolute Gasteiger partial charge is 0.309 e. The predicted molar refractivity (Wildman–Crippen MR) is 211 cm³/mol. The van der Waals surface area contributed by atoms with Crippen molar-refractivity contribution < 1.29 is 4.11 Å². The van der Waals surface area contributed by atoms with Crippen LogP contribution in [0.2, 0.25) is 0 Å². The van der Waals surface area contributed by atoms with E-state index in [1.807, 2.05) is 72.8 Å². The molecule has 0 aliphatic rings. The topological polar surface area (TPSA) is 9.86 Å². The summed E-state index contributed by atoms with van der Waals surface area (Å²) >= 11 is 0. The molecular weight excluding hydrogens is 605 g/mol. The lowest BCUT2D eigenvalue weighted by molar-refractivity contribution is 1.18. The van der Waals surface area contributed by atoms with Crippen molar-refractivity contribution in [3.8, 4) is 44.8 Å². The minimum Gasteiger partial charge on any atom is -0.309 e. The smallest absolute Gasteiger partial charge is 0.0645 e. The van der Waals surface area contributed by atoms with E-state index in [-0.39, 0.29) is 18.1 Å². The van der Waals surface area contributed by atoms with Crippen LogP contribution in [-0.2, 0) is 0 Å². The van der Waals surface area contributed by atoms with Gasteiger partial charge in [-0.15, -0.1) is 0 Å². The van der Waals surface area contributed by atoms with Crippen LogP contribution in [0, 0.1) is 0 Å². The third-order valence-corrected chi connectivity index (χ3v) is 9.82. The Hall–Kier alpha value is -6.64. The van der Waals surface area contributed by atoms with E-state index in [4.69, 9.17) is 0 Å². The maximum atomic E-state index is 9.78. The number of hydrogen-bond acceptors (Lipinski definition) is 0. The van der Waals surface area contributed by atoms with Crippen molar-refractivity contribution >= 4 is 43.6 Å². The van der Waals surface area contributed by atoms with Gasteiger partial charge in [-0.1, -0.05) is 127 Å². The third-order valence-electron chi connectivity index (χ3n) is 9.82. The Morgan fingerprint density at radius 2 is 0.800 bits per heavy atom. The van der Waals surface area contributed by atoms with Crippen LogP contribution in [0.5, 0.6) is 0 Å². The van der Waals surface area contributed by atoms with E-state index < -0.39 is 0 Å². The average Bonchev–Trinajstić information content (AvgIpc) is 3.74. The molecule has 0 aliphatic carbocycles. The SMILES string of the molecule is [2H]c1c(-c2ccc3c(c2)c2cc(-c4ccccc4)ccc2n3-c2ccccc2)c([2H])c2c3ccccc3n(-c3cccc(-c4ccccc4)c3)c2c1[2H].